The normalized spacial score (nSPS) is 12.7. The van der Waals surface area contributed by atoms with Crippen molar-refractivity contribution in [1.29, 1.82) is 0 Å². The van der Waals surface area contributed by atoms with E-state index in [0.717, 1.165) is 33.9 Å². The Morgan fingerprint density at radius 3 is 1.07 bits per heavy atom. The van der Waals surface area contributed by atoms with Crippen LogP contribution in [0.2, 0.25) is 0 Å². The number of benzene rings is 3. The fourth-order valence-electron chi connectivity index (χ4n) is 2.68. The Morgan fingerprint density at radius 2 is 0.815 bits per heavy atom. The van der Waals surface area contributed by atoms with Gasteiger partial charge in [0, 0.05) is 0 Å². The van der Waals surface area contributed by atoms with Gasteiger partial charge in [0.1, 0.15) is 0 Å². The molecule has 5 heteroatoms. The van der Waals surface area contributed by atoms with Crippen LogP contribution < -0.4 is 13.6 Å². The van der Waals surface area contributed by atoms with Crippen molar-refractivity contribution in [3.8, 4) is 17.2 Å². The number of aryl methyl sites for hydroxylation is 3. The van der Waals surface area contributed by atoms with Gasteiger partial charge >= 0.3 is 175 Å². The average molecular weight is 494 g/mol. The summed E-state index contributed by atoms with van der Waals surface area (Å²) in [6, 6.07) is 23.7. The number of hydrogen-bond acceptors (Lipinski definition) is 3. The number of rotatable bonds is 6. The first kappa shape index (κ1) is 20.0. The summed E-state index contributed by atoms with van der Waals surface area (Å²) in [5, 5.41) is 0. The van der Waals surface area contributed by atoms with Crippen LogP contribution in [0.5, 0.6) is 17.2 Å². The van der Waals surface area contributed by atoms with Gasteiger partial charge < -0.3 is 0 Å². The predicted octanol–water partition coefficient (Wildman–Crippen LogP) is 7.43. The molecule has 0 fully saturated rings. The van der Waals surface area contributed by atoms with Gasteiger partial charge in [-0.1, -0.05) is 0 Å². The molecule has 0 radical (unpaired) electrons. The fourth-order valence-corrected chi connectivity index (χ4v) is 6.61. The molecule has 0 aliphatic heterocycles. The van der Waals surface area contributed by atoms with Gasteiger partial charge in [-0.25, -0.2) is 0 Å². The van der Waals surface area contributed by atoms with E-state index >= 15 is 0 Å². The van der Waals surface area contributed by atoms with Crippen LogP contribution in [0.4, 0.5) is 0 Å². The van der Waals surface area contributed by atoms with Crippen LogP contribution in [0.3, 0.4) is 0 Å². The van der Waals surface area contributed by atoms with Gasteiger partial charge in [0.05, 0.1) is 0 Å². The molecule has 0 unspecified atom stereocenters. The monoisotopic (exact) mass is 494 g/mol. The Morgan fingerprint density at radius 1 is 0.556 bits per heavy atom. The first-order valence-electron chi connectivity index (χ1n) is 8.76. The Balaban J connectivity index is 2.05. The third kappa shape index (κ3) is 4.94. The first-order valence-corrected chi connectivity index (χ1v) is 14.0. The first-order chi connectivity index (χ1) is 12.7. The number of hydrogen-bond donors (Lipinski definition) is 0. The summed E-state index contributed by atoms with van der Waals surface area (Å²) in [5.41, 5.74) is 3.10. The van der Waals surface area contributed by atoms with Gasteiger partial charge in [-0.2, -0.15) is 0 Å². The van der Waals surface area contributed by atoms with Gasteiger partial charge in [0.25, 0.3) is 0 Å². The van der Waals surface area contributed by atoms with Gasteiger partial charge in [-0.05, 0) is 0 Å². The number of para-hydroxylation sites is 3. The minimum absolute atomic E-state index is 0.759. The maximum absolute atomic E-state index is 6.51. The van der Waals surface area contributed by atoms with Crippen LogP contribution in [-0.2, 0) is 0 Å². The summed E-state index contributed by atoms with van der Waals surface area (Å²) in [6.45, 7) is 7.98. The summed E-state index contributed by atoms with van der Waals surface area (Å²) in [5.74, 6) is 2.28. The predicted molar refractivity (Wildman–Crippen MR) is 122 cm³/mol. The third-order valence-electron chi connectivity index (χ3n) is 4.18. The van der Waals surface area contributed by atoms with Gasteiger partial charge in [0.15, 0.2) is 0 Å². The van der Waals surface area contributed by atoms with Gasteiger partial charge in [0.2, 0.25) is 0 Å². The molecular weight excluding hydrogens is 470 g/mol. The van der Waals surface area contributed by atoms with Crippen LogP contribution in [0, 0.1) is 20.8 Å². The third-order valence-corrected chi connectivity index (χ3v) is 7.74. The fraction of sp³-hybridized carbons (Fsp3) is 0.182. The van der Waals surface area contributed by atoms with Crippen LogP contribution in [-0.4, -0.2) is 6.66 Å². The van der Waals surface area contributed by atoms with E-state index in [2.05, 4.69) is 22.0 Å². The van der Waals surface area contributed by atoms with Crippen molar-refractivity contribution in [2.24, 2.45) is 0 Å². The molecule has 0 atom stereocenters. The SMILES string of the molecule is Cc1ccccc1OP(C)(I)(Oc1ccccc1C)Oc1ccccc1C. The van der Waals surface area contributed by atoms with Gasteiger partial charge in [-0.3, -0.25) is 0 Å². The average Bonchev–Trinajstić information content (AvgIpc) is 2.61. The molecule has 3 nitrogen and oxygen atoms in total. The van der Waals surface area contributed by atoms with Crippen LogP contribution >= 0.6 is 27.0 Å². The van der Waals surface area contributed by atoms with Crippen molar-refractivity contribution in [3.63, 3.8) is 0 Å². The molecule has 0 heterocycles. The second-order valence-corrected chi connectivity index (χ2v) is 16.0. The van der Waals surface area contributed by atoms with E-state index < -0.39 is 4.93 Å². The van der Waals surface area contributed by atoms with Crippen molar-refractivity contribution in [2.45, 2.75) is 20.8 Å². The van der Waals surface area contributed by atoms with E-state index in [-0.39, 0.29) is 0 Å². The van der Waals surface area contributed by atoms with E-state index in [0.29, 0.717) is 0 Å². The van der Waals surface area contributed by atoms with Crippen molar-refractivity contribution < 1.29 is 13.6 Å². The molecule has 0 saturated carbocycles. The molecule has 3 rings (SSSR count). The molecule has 0 spiro atoms. The van der Waals surface area contributed by atoms with Crippen LogP contribution in [0.25, 0.3) is 0 Å². The molecule has 0 amide bonds. The Hall–Kier alpha value is -1.78. The molecular formula is C22H24IO3P. The van der Waals surface area contributed by atoms with E-state index in [1.165, 1.54) is 0 Å². The molecule has 3 aromatic rings. The summed E-state index contributed by atoms with van der Waals surface area (Å²) < 4.78 is 19.5. The van der Waals surface area contributed by atoms with Crippen LogP contribution in [0.15, 0.2) is 72.8 Å². The minimum atomic E-state index is -3.59. The van der Waals surface area contributed by atoms with E-state index in [1.54, 1.807) is 0 Å². The zero-order chi connectivity index (χ0) is 19.5. The van der Waals surface area contributed by atoms with Crippen molar-refractivity contribution in [3.05, 3.63) is 89.5 Å². The molecule has 0 aliphatic rings. The molecule has 0 aliphatic carbocycles. The van der Waals surface area contributed by atoms with E-state index in [9.17, 15) is 0 Å². The second-order valence-electron chi connectivity index (χ2n) is 6.72. The summed E-state index contributed by atoms with van der Waals surface area (Å²) in [4.78, 5) is -3.59. The van der Waals surface area contributed by atoms with E-state index in [4.69, 9.17) is 13.6 Å². The Labute approximate surface area is 174 Å². The molecule has 0 saturated heterocycles. The molecule has 0 aromatic heterocycles. The zero-order valence-corrected chi connectivity index (χ0v) is 19.0. The Bertz CT molecular complexity index is 833. The molecule has 0 bridgehead atoms. The molecule has 27 heavy (non-hydrogen) atoms. The Kier molecular flexibility index (Phi) is 5.68. The summed E-state index contributed by atoms with van der Waals surface area (Å²) >= 11 is 2.23. The zero-order valence-electron chi connectivity index (χ0n) is 16.0. The summed E-state index contributed by atoms with van der Waals surface area (Å²) in [6.07, 6.45) is 0. The summed E-state index contributed by atoms with van der Waals surface area (Å²) in [7, 11) is 0. The van der Waals surface area contributed by atoms with Crippen molar-refractivity contribution in [2.75, 3.05) is 6.66 Å². The number of halogens is 1. The van der Waals surface area contributed by atoms with E-state index in [1.807, 2.05) is 100 Å². The standard InChI is InChI=1S/C22H24IO3P/c1-17-11-5-8-14-20(17)24-27(4,23,25-21-15-9-6-12-18(21)2)26-22-16-10-7-13-19(22)3/h5-16H,1-4H3. The maximum atomic E-state index is 6.51. The topological polar surface area (TPSA) is 27.7 Å². The molecule has 3 aromatic carbocycles. The van der Waals surface area contributed by atoms with Gasteiger partial charge in [-0.15, -0.1) is 0 Å². The second kappa shape index (κ2) is 7.69. The quantitative estimate of drug-likeness (QED) is 0.264. The molecule has 0 N–H and O–H groups in total. The molecule has 142 valence electrons. The van der Waals surface area contributed by atoms with Crippen molar-refractivity contribution >= 4 is 27.0 Å². The van der Waals surface area contributed by atoms with Crippen molar-refractivity contribution in [1.82, 2.24) is 0 Å². The van der Waals surface area contributed by atoms with Crippen LogP contribution in [0.1, 0.15) is 16.7 Å².